The molecular formula is C16H13FN2O2. The Morgan fingerprint density at radius 3 is 2.67 bits per heavy atom. The summed E-state index contributed by atoms with van der Waals surface area (Å²) in [5, 5.41) is 0. The van der Waals surface area contributed by atoms with Gasteiger partial charge >= 0.3 is 0 Å². The monoisotopic (exact) mass is 284 g/mol. The van der Waals surface area contributed by atoms with E-state index in [2.05, 4.69) is 0 Å². The van der Waals surface area contributed by atoms with Gasteiger partial charge in [-0.1, -0.05) is 18.2 Å². The van der Waals surface area contributed by atoms with E-state index in [1.54, 1.807) is 24.3 Å². The van der Waals surface area contributed by atoms with E-state index in [-0.39, 0.29) is 24.4 Å². The molecule has 2 aromatic carbocycles. The van der Waals surface area contributed by atoms with Gasteiger partial charge in [-0.15, -0.1) is 0 Å². The first-order chi connectivity index (χ1) is 10.1. The van der Waals surface area contributed by atoms with Crippen LogP contribution in [0.5, 0.6) is 0 Å². The van der Waals surface area contributed by atoms with E-state index in [9.17, 15) is 14.0 Å². The number of carbonyl (C=O) groups is 2. The zero-order valence-corrected chi connectivity index (χ0v) is 11.2. The van der Waals surface area contributed by atoms with Crippen molar-refractivity contribution < 1.29 is 14.0 Å². The molecule has 0 saturated carbocycles. The molecule has 3 rings (SSSR count). The van der Waals surface area contributed by atoms with Gasteiger partial charge in [-0.05, 0) is 29.8 Å². The minimum atomic E-state index is -0.446. The quantitative estimate of drug-likeness (QED) is 0.858. The maximum Gasteiger partial charge on any atom is 0.265 e. The largest absolute Gasteiger partial charge is 0.326 e. The molecule has 2 amide bonds. The fraction of sp³-hybridized carbons (Fsp3) is 0.125. The average Bonchev–Trinajstić information content (AvgIpc) is 2.49. The first kappa shape index (κ1) is 13.5. The lowest BCUT2D eigenvalue weighted by molar-refractivity contribution is -0.117. The molecule has 0 fully saturated rings. The number of hydrogen-bond donors (Lipinski definition) is 1. The second-order valence-corrected chi connectivity index (χ2v) is 4.85. The van der Waals surface area contributed by atoms with Crippen LogP contribution in [0.2, 0.25) is 0 Å². The number of halogens is 1. The second-order valence-electron chi connectivity index (χ2n) is 4.85. The summed E-state index contributed by atoms with van der Waals surface area (Å²) < 4.78 is 13.5. The van der Waals surface area contributed by atoms with Crippen molar-refractivity contribution in [1.29, 1.82) is 0 Å². The van der Waals surface area contributed by atoms with Gasteiger partial charge in [0.15, 0.2) is 0 Å². The van der Waals surface area contributed by atoms with Gasteiger partial charge in [0, 0.05) is 17.7 Å². The van der Waals surface area contributed by atoms with E-state index in [0.29, 0.717) is 16.8 Å². The molecule has 2 aromatic rings. The van der Waals surface area contributed by atoms with Crippen LogP contribution < -0.4 is 10.6 Å². The van der Waals surface area contributed by atoms with Crippen molar-refractivity contribution in [3.8, 4) is 0 Å². The summed E-state index contributed by atoms with van der Waals surface area (Å²) >= 11 is 0. The molecule has 1 heterocycles. The number of amides is 2. The number of hydrogen-bond acceptors (Lipinski definition) is 3. The molecule has 106 valence electrons. The lowest BCUT2D eigenvalue weighted by atomic mass is 9.98. The summed E-state index contributed by atoms with van der Waals surface area (Å²) in [5.74, 6) is -1.16. The molecule has 4 nitrogen and oxygen atoms in total. The zero-order valence-electron chi connectivity index (χ0n) is 11.2. The van der Waals surface area contributed by atoms with Gasteiger partial charge in [0.1, 0.15) is 5.82 Å². The van der Waals surface area contributed by atoms with Crippen molar-refractivity contribution in [2.45, 2.75) is 13.0 Å². The van der Waals surface area contributed by atoms with Crippen LogP contribution in [0.4, 0.5) is 10.1 Å². The Kier molecular flexibility index (Phi) is 3.27. The van der Waals surface area contributed by atoms with Crippen LogP contribution in [0, 0.1) is 5.82 Å². The van der Waals surface area contributed by atoms with Crippen LogP contribution in [-0.2, 0) is 17.8 Å². The Labute approximate surface area is 121 Å². The van der Waals surface area contributed by atoms with Gasteiger partial charge in [0.25, 0.3) is 5.91 Å². The molecule has 0 radical (unpaired) electrons. The highest BCUT2D eigenvalue weighted by Crippen LogP contribution is 2.26. The van der Waals surface area contributed by atoms with Crippen LogP contribution in [-0.4, -0.2) is 11.8 Å². The Morgan fingerprint density at radius 2 is 1.90 bits per heavy atom. The predicted octanol–water partition coefficient (Wildman–Crippen LogP) is 2.01. The maximum absolute atomic E-state index is 13.5. The van der Waals surface area contributed by atoms with Gasteiger partial charge in [-0.2, -0.15) is 0 Å². The average molecular weight is 284 g/mol. The summed E-state index contributed by atoms with van der Waals surface area (Å²) in [6.07, 6.45) is 0.150. The van der Waals surface area contributed by atoms with Crippen LogP contribution in [0.15, 0.2) is 42.5 Å². The number of nitrogens with two attached hydrogens (primary N) is 1. The van der Waals surface area contributed by atoms with Crippen LogP contribution in [0.3, 0.4) is 0 Å². The van der Waals surface area contributed by atoms with E-state index < -0.39 is 11.7 Å². The molecule has 0 unspecified atom stereocenters. The topological polar surface area (TPSA) is 63.4 Å². The van der Waals surface area contributed by atoms with Crippen molar-refractivity contribution in [2.24, 2.45) is 5.73 Å². The van der Waals surface area contributed by atoms with Gasteiger partial charge in [0.2, 0.25) is 5.91 Å². The number of fused-ring (bicyclic) bond motifs is 1. The fourth-order valence-electron chi connectivity index (χ4n) is 2.48. The van der Waals surface area contributed by atoms with Crippen molar-refractivity contribution in [1.82, 2.24) is 0 Å². The molecule has 0 spiro atoms. The summed E-state index contributed by atoms with van der Waals surface area (Å²) in [7, 11) is 0. The predicted molar refractivity (Wildman–Crippen MR) is 76.3 cm³/mol. The first-order valence-electron chi connectivity index (χ1n) is 6.55. The highest BCUT2D eigenvalue weighted by molar-refractivity contribution is 6.24. The third kappa shape index (κ3) is 2.21. The van der Waals surface area contributed by atoms with E-state index in [1.807, 2.05) is 0 Å². The lowest BCUT2D eigenvalue weighted by Gasteiger charge is -2.27. The summed E-state index contributed by atoms with van der Waals surface area (Å²) in [6.45, 7) is 0.00643. The molecule has 0 atom stereocenters. The number of carbonyl (C=O) groups excluding carboxylic acids is 2. The van der Waals surface area contributed by atoms with Gasteiger partial charge in [-0.3, -0.25) is 9.59 Å². The van der Waals surface area contributed by atoms with Crippen molar-refractivity contribution >= 4 is 17.5 Å². The van der Waals surface area contributed by atoms with E-state index in [4.69, 9.17) is 5.73 Å². The Morgan fingerprint density at radius 1 is 1.14 bits per heavy atom. The SMILES string of the molecule is NCc1cc(N2C(=O)Cc3ccccc3C2=O)ccc1F. The van der Waals surface area contributed by atoms with Crippen molar-refractivity contribution in [3.05, 3.63) is 65.0 Å². The summed E-state index contributed by atoms with van der Waals surface area (Å²) in [5.41, 5.74) is 7.29. The van der Waals surface area contributed by atoms with Gasteiger partial charge < -0.3 is 5.73 Å². The summed E-state index contributed by atoms with van der Waals surface area (Å²) in [4.78, 5) is 25.8. The molecule has 1 aliphatic heterocycles. The van der Waals surface area contributed by atoms with E-state index in [1.165, 1.54) is 18.2 Å². The molecule has 0 saturated heterocycles. The highest BCUT2D eigenvalue weighted by Gasteiger charge is 2.32. The minimum Gasteiger partial charge on any atom is -0.326 e. The van der Waals surface area contributed by atoms with Crippen LogP contribution in [0.1, 0.15) is 21.5 Å². The molecule has 0 aliphatic carbocycles. The fourth-order valence-corrected chi connectivity index (χ4v) is 2.48. The minimum absolute atomic E-state index is 0.00643. The number of nitrogens with zero attached hydrogens (tertiary/aromatic N) is 1. The van der Waals surface area contributed by atoms with Crippen molar-refractivity contribution in [3.63, 3.8) is 0 Å². The van der Waals surface area contributed by atoms with Crippen LogP contribution in [0.25, 0.3) is 0 Å². The molecule has 0 aromatic heterocycles. The van der Waals surface area contributed by atoms with E-state index >= 15 is 0 Å². The number of imide groups is 1. The number of benzene rings is 2. The third-order valence-corrected chi connectivity index (χ3v) is 3.55. The van der Waals surface area contributed by atoms with Crippen LogP contribution >= 0.6 is 0 Å². The molecular weight excluding hydrogens is 271 g/mol. The lowest BCUT2D eigenvalue weighted by Crippen LogP contribution is -2.42. The van der Waals surface area contributed by atoms with Gasteiger partial charge in [0.05, 0.1) is 12.1 Å². The maximum atomic E-state index is 13.5. The molecule has 2 N–H and O–H groups in total. The van der Waals surface area contributed by atoms with E-state index in [0.717, 1.165) is 4.90 Å². The highest BCUT2D eigenvalue weighted by atomic mass is 19.1. The number of rotatable bonds is 2. The Bertz CT molecular complexity index is 743. The normalized spacial score (nSPS) is 14.3. The van der Waals surface area contributed by atoms with Crippen molar-refractivity contribution in [2.75, 3.05) is 4.90 Å². The molecule has 5 heteroatoms. The molecule has 1 aliphatic rings. The molecule has 21 heavy (non-hydrogen) atoms. The Hall–Kier alpha value is -2.53. The zero-order chi connectivity index (χ0) is 15.0. The standard InChI is InChI=1S/C16H13FN2O2/c17-14-6-5-12(7-11(14)9-18)19-15(20)8-10-3-1-2-4-13(10)16(19)21/h1-7H,8-9,18H2. The number of anilines is 1. The molecule has 0 bridgehead atoms. The smallest absolute Gasteiger partial charge is 0.265 e. The third-order valence-electron chi connectivity index (χ3n) is 3.55. The first-order valence-corrected chi connectivity index (χ1v) is 6.55. The second kappa shape index (κ2) is 5.10. The Balaban J connectivity index is 2.07. The summed E-state index contributed by atoms with van der Waals surface area (Å²) in [6, 6.07) is 11.1. The van der Waals surface area contributed by atoms with Gasteiger partial charge in [-0.25, -0.2) is 9.29 Å².